The molecule has 1 aromatic carbocycles. The lowest BCUT2D eigenvalue weighted by atomic mass is 9.72. The summed E-state index contributed by atoms with van der Waals surface area (Å²) in [6, 6.07) is 8.44. The van der Waals surface area contributed by atoms with E-state index in [9.17, 15) is 4.79 Å². The Labute approximate surface area is 200 Å². The molecule has 1 fully saturated rings. The summed E-state index contributed by atoms with van der Waals surface area (Å²) in [7, 11) is 0. The molecule has 1 saturated heterocycles. The Morgan fingerprint density at radius 1 is 1.25 bits per heavy atom. The van der Waals surface area contributed by atoms with Crippen molar-refractivity contribution in [1.29, 1.82) is 0 Å². The first-order valence-electron chi connectivity index (χ1n) is 11.0. The normalized spacial score (nSPS) is 19.9. The summed E-state index contributed by atoms with van der Waals surface area (Å²) in [5.41, 5.74) is 2.98. The Kier molecular flexibility index (Phi) is 5.40. The number of piperidine rings is 1. The molecular weight excluding hydrogens is 488 g/mol. The topological polar surface area (TPSA) is 67.3 Å². The van der Waals surface area contributed by atoms with Crippen LogP contribution in [-0.2, 0) is 11.2 Å². The minimum absolute atomic E-state index is 0.0146. The van der Waals surface area contributed by atoms with Crippen LogP contribution in [0.15, 0.2) is 40.4 Å². The van der Waals surface area contributed by atoms with E-state index >= 15 is 0 Å². The molecule has 0 saturated carbocycles. The Bertz CT molecular complexity index is 1160. The average Bonchev–Trinajstić information content (AvgIpc) is 3.26. The fourth-order valence-corrected chi connectivity index (χ4v) is 6.72. The van der Waals surface area contributed by atoms with Gasteiger partial charge in [-0.1, -0.05) is 24.3 Å². The SMILES string of the molecule is CC(C)(C)OC(=O)N[C@@H]1c2ccccc2CC12CCN(c1ncnc3c(Br)csc13)CC2. The van der Waals surface area contributed by atoms with Crippen LogP contribution in [0.25, 0.3) is 10.2 Å². The zero-order chi connectivity index (χ0) is 22.5. The second-order valence-electron chi connectivity index (χ2n) is 9.76. The van der Waals surface area contributed by atoms with Crippen molar-refractivity contribution in [2.45, 2.75) is 51.7 Å². The van der Waals surface area contributed by atoms with Gasteiger partial charge < -0.3 is 15.0 Å². The highest BCUT2D eigenvalue weighted by Gasteiger charge is 2.48. The second kappa shape index (κ2) is 7.99. The Morgan fingerprint density at radius 2 is 2.00 bits per heavy atom. The van der Waals surface area contributed by atoms with Crippen LogP contribution in [-0.4, -0.2) is 34.8 Å². The number of amides is 1. The predicted octanol–water partition coefficient (Wildman–Crippen LogP) is 5.86. The minimum Gasteiger partial charge on any atom is -0.444 e. The van der Waals surface area contributed by atoms with Gasteiger partial charge in [0.2, 0.25) is 0 Å². The molecule has 3 heterocycles. The lowest BCUT2D eigenvalue weighted by molar-refractivity contribution is 0.0428. The van der Waals surface area contributed by atoms with E-state index in [1.54, 1.807) is 17.7 Å². The summed E-state index contributed by atoms with van der Waals surface area (Å²) in [6.45, 7) is 7.47. The number of aromatic nitrogens is 2. The van der Waals surface area contributed by atoms with Crippen LogP contribution < -0.4 is 10.2 Å². The molecule has 8 heteroatoms. The number of hydrogen-bond donors (Lipinski definition) is 1. The summed E-state index contributed by atoms with van der Waals surface area (Å²) >= 11 is 5.27. The van der Waals surface area contributed by atoms with Gasteiger partial charge in [-0.2, -0.15) is 0 Å². The zero-order valence-corrected chi connectivity index (χ0v) is 20.9. The van der Waals surface area contributed by atoms with Crippen molar-refractivity contribution in [3.8, 4) is 0 Å². The molecular formula is C24H27BrN4O2S. The molecule has 2 aromatic heterocycles. The number of carbonyl (C=O) groups is 1. The van der Waals surface area contributed by atoms with Crippen LogP contribution in [0.5, 0.6) is 0 Å². The maximum Gasteiger partial charge on any atom is 0.408 e. The van der Waals surface area contributed by atoms with E-state index in [0.717, 1.165) is 52.9 Å². The van der Waals surface area contributed by atoms with E-state index in [2.05, 4.69) is 65.8 Å². The number of hydrogen-bond acceptors (Lipinski definition) is 6. The van der Waals surface area contributed by atoms with Gasteiger partial charge in [-0.25, -0.2) is 14.8 Å². The van der Waals surface area contributed by atoms with Crippen molar-refractivity contribution in [3.63, 3.8) is 0 Å². The van der Waals surface area contributed by atoms with E-state index in [1.165, 1.54) is 11.1 Å². The molecule has 0 unspecified atom stereocenters. The van der Waals surface area contributed by atoms with Crippen molar-refractivity contribution in [2.75, 3.05) is 18.0 Å². The van der Waals surface area contributed by atoms with Gasteiger partial charge in [0.25, 0.3) is 0 Å². The second-order valence-corrected chi connectivity index (χ2v) is 11.5. The Hall–Kier alpha value is -2.19. The molecule has 3 aromatic rings. The molecule has 1 atom stereocenters. The molecule has 5 rings (SSSR count). The minimum atomic E-state index is -0.522. The van der Waals surface area contributed by atoms with Gasteiger partial charge in [0.05, 0.1) is 15.2 Å². The quantitative estimate of drug-likeness (QED) is 0.463. The van der Waals surface area contributed by atoms with E-state index in [-0.39, 0.29) is 17.6 Å². The van der Waals surface area contributed by atoms with Gasteiger partial charge in [0.15, 0.2) is 0 Å². The van der Waals surface area contributed by atoms with Gasteiger partial charge >= 0.3 is 6.09 Å². The van der Waals surface area contributed by atoms with Crippen LogP contribution in [0.4, 0.5) is 10.6 Å². The number of thiophene rings is 1. The van der Waals surface area contributed by atoms with Crippen molar-refractivity contribution in [1.82, 2.24) is 15.3 Å². The highest BCUT2D eigenvalue weighted by molar-refractivity contribution is 9.10. The number of nitrogens with one attached hydrogen (secondary N) is 1. The van der Waals surface area contributed by atoms with Crippen molar-refractivity contribution in [3.05, 3.63) is 51.6 Å². The fourth-order valence-electron chi connectivity index (χ4n) is 5.11. The molecule has 0 radical (unpaired) electrons. The standard InChI is InChI=1S/C24H27BrN4O2S/c1-23(2,3)31-22(30)28-20-16-7-5-4-6-15(16)12-24(20)8-10-29(11-9-24)21-19-18(26-14-27-21)17(25)13-32-19/h4-7,13-14,20H,8-12H2,1-3H3,(H,28,30)/t20-/m1/s1. The van der Waals surface area contributed by atoms with Crippen LogP contribution >= 0.6 is 27.3 Å². The van der Waals surface area contributed by atoms with E-state index in [0.29, 0.717) is 0 Å². The third-order valence-corrected chi connectivity index (χ3v) is 8.41. The van der Waals surface area contributed by atoms with E-state index in [4.69, 9.17) is 4.74 Å². The number of benzene rings is 1. The molecule has 32 heavy (non-hydrogen) atoms. The molecule has 1 aliphatic heterocycles. The summed E-state index contributed by atoms with van der Waals surface area (Å²) in [5.74, 6) is 1.01. The van der Waals surface area contributed by atoms with Crippen LogP contribution in [0.1, 0.15) is 50.8 Å². The highest BCUT2D eigenvalue weighted by Crippen LogP contribution is 2.52. The van der Waals surface area contributed by atoms with Gasteiger partial charge in [0, 0.05) is 23.9 Å². The monoisotopic (exact) mass is 514 g/mol. The van der Waals surface area contributed by atoms with Crippen LogP contribution in [0, 0.1) is 5.41 Å². The largest absolute Gasteiger partial charge is 0.444 e. The molecule has 1 aliphatic carbocycles. The van der Waals surface area contributed by atoms with Crippen molar-refractivity contribution in [2.24, 2.45) is 5.41 Å². The highest BCUT2D eigenvalue weighted by atomic mass is 79.9. The van der Waals surface area contributed by atoms with Gasteiger partial charge in [-0.05, 0) is 67.1 Å². The first-order valence-corrected chi connectivity index (χ1v) is 12.6. The third-order valence-electron chi connectivity index (χ3n) is 6.53. The first-order chi connectivity index (χ1) is 15.3. The number of halogens is 1. The van der Waals surface area contributed by atoms with E-state index in [1.807, 2.05) is 20.8 Å². The van der Waals surface area contributed by atoms with E-state index < -0.39 is 5.60 Å². The van der Waals surface area contributed by atoms with Crippen molar-refractivity contribution >= 4 is 49.4 Å². The third kappa shape index (κ3) is 3.88. The molecule has 1 spiro atoms. The molecule has 1 N–H and O–H groups in total. The molecule has 2 aliphatic rings. The fraction of sp³-hybridized carbons (Fsp3) is 0.458. The first kappa shape index (κ1) is 21.6. The lowest BCUT2D eigenvalue weighted by Gasteiger charge is -2.44. The summed E-state index contributed by atoms with van der Waals surface area (Å²) < 4.78 is 7.74. The average molecular weight is 515 g/mol. The van der Waals surface area contributed by atoms with Crippen LogP contribution in [0.3, 0.4) is 0 Å². The molecule has 6 nitrogen and oxygen atoms in total. The lowest BCUT2D eigenvalue weighted by Crippen LogP contribution is -2.47. The summed E-state index contributed by atoms with van der Waals surface area (Å²) in [5, 5.41) is 5.30. The molecule has 0 bridgehead atoms. The summed E-state index contributed by atoms with van der Waals surface area (Å²) in [6.07, 6.45) is 4.22. The Balaban J connectivity index is 1.40. The summed E-state index contributed by atoms with van der Waals surface area (Å²) in [4.78, 5) is 24.1. The number of nitrogens with zero attached hydrogens (tertiary/aromatic N) is 3. The molecule has 1 amide bonds. The smallest absolute Gasteiger partial charge is 0.408 e. The van der Waals surface area contributed by atoms with Gasteiger partial charge in [-0.3, -0.25) is 0 Å². The Morgan fingerprint density at radius 3 is 2.75 bits per heavy atom. The maximum atomic E-state index is 12.7. The number of carbonyl (C=O) groups excluding carboxylic acids is 1. The number of alkyl carbamates (subject to hydrolysis) is 1. The number of rotatable bonds is 2. The number of ether oxygens (including phenoxy) is 1. The maximum absolute atomic E-state index is 12.7. The predicted molar refractivity (Wildman–Crippen MR) is 131 cm³/mol. The zero-order valence-electron chi connectivity index (χ0n) is 18.5. The molecule has 168 valence electrons. The van der Waals surface area contributed by atoms with Crippen LogP contribution in [0.2, 0.25) is 0 Å². The van der Waals surface area contributed by atoms with Gasteiger partial charge in [-0.15, -0.1) is 11.3 Å². The van der Waals surface area contributed by atoms with Gasteiger partial charge in [0.1, 0.15) is 23.3 Å². The van der Waals surface area contributed by atoms with Crippen molar-refractivity contribution < 1.29 is 9.53 Å². The number of anilines is 1. The number of fused-ring (bicyclic) bond motifs is 2.